The van der Waals surface area contributed by atoms with E-state index < -0.39 is 0 Å². The molecule has 0 bridgehead atoms. The number of benzene rings is 2. The Hall–Kier alpha value is -2.75. The van der Waals surface area contributed by atoms with Gasteiger partial charge in [0.1, 0.15) is 11.4 Å². The van der Waals surface area contributed by atoms with Crippen LogP contribution < -0.4 is 10.1 Å². The Kier molecular flexibility index (Phi) is 4.06. The third-order valence-electron chi connectivity index (χ3n) is 3.91. The van der Waals surface area contributed by atoms with Crippen molar-refractivity contribution in [2.75, 3.05) is 12.4 Å². The molecule has 2 N–H and O–H groups in total. The molecule has 0 aliphatic heterocycles. The van der Waals surface area contributed by atoms with Gasteiger partial charge in [-0.2, -0.15) is 0 Å². The van der Waals surface area contributed by atoms with E-state index in [1.807, 2.05) is 48.5 Å². The van der Waals surface area contributed by atoms with Gasteiger partial charge in [-0.3, -0.25) is 4.79 Å². The van der Waals surface area contributed by atoms with Gasteiger partial charge in [-0.1, -0.05) is 26.0 Å². The van der Waals surface area contributed by atoms with Gasteiger partial charge in [0.25, 0.3) is 5.91 Å². The zero-order chi connectivity index (χ0) is 16.4. The largest absolute Gasteiger partial charge is 0.497 e. The lowest BCUT2D eigenvalue weighted by molar-refractivity contribution is 0.102. The molecule has 4 heteroatoms. The Morgan fingerprint density at radius 1 is 1.09 bits per heavy atom. The number of anilines is 1. The Morgan fingerprint density at radius 3 is 2.48 bits per heavy atom. The molecule has 0 spiro atoms. The van der Waals surface area contributed by atoms with Gasteiger partial charge in [0.15, 0.2) is 0 Å². The fourth-order valence-corrected chi connectivity index (χ4v) is 2.51. The molecule has 118 valence electrons. The summed E-state index contributed by atoms with van der Waals surface area (Å²) >= 11 is 0. The van der Waals surface area contributed by atoms with E-state index >= 15 is 0 Å². The molecule has 3 rings (SSSR count). The van der Waals surface area contributed by atoms with Gasteiger partial charge in [-0.15, -0.1) is 0 Å². The SMILES string of the molecule is COc1ccc2cc(C(=O)Nc3ccc(C(C)C)cc3)[nH]c2c1. The molecule has 23 heavy (non-hydrogen) atoms. The maximum absolute atomic E-state index is 12.4. The van der Waals surface area contributed by atoms with E-state index in [4.69, 9.17) is 4.74 Å². The molecule has 0 radical (unpaired) electrons. The highest BCUT2D eigenvalue weighted by Gasteiger charge is 2.10. The van der Waals surface area contributed by atoms with Crippen molar-refractivity contribution < 1.29 is 9.53 Å². The number of rotatable bonds is 4. The number of fused-ring (bicyclic) bond motifs is 1. The molecule has 0 fully saturated rings. The summed E-state index contributed by atoms with van der Waals surface area (Å²) in [6.07, 6.45) is 0. The minimum absolute atomic E-state index is 0.155. The predicted molar refractivity (Wildman–Crippen MR) is 93.3 cm³/mol. The maximum atomic E-state index is 12.4. The van der Waals surface area contributed by atoms with Gasteiger partial charge in [-0.05, 0) is 41.8 Å². The second kappa shape index (κ2) is 6.16. The maximum Gasteiger partial charge on any atom is 0.272 e. The summed E-state index contributed by atoms with van der Waals surface area (Å²) in [5, 5.41) is 3.89. The van der Waals surface area contributed by atoms with E-state index in [0.29, 0.717) is 11.6 Å². The van der Waals surface area contributed by atoms with Crippen molar-refractivity contribution in [3.05, 3.63) is 59.8 Å². The van der Waals surface area contributed by atoms with Crippen LogP contribution in [0.1, 0.15) is 35.8 Å². The lowest BCUT2D eigenvalue weighted by atomic mass is 10.0. The van der Waals surface area contributed by atoms with Crippen LogP contribution in [-0.2, 0) is 0 Å². The number of methoxy groups -OCH3 is 1. The molecular formula is C19H20N2O2. The van der Waals surface area contributed by atoms with Crippen LogP contribution in [0.4, 0.5) is 5.69 Å². The summed E-state index contributed by atoms with van der Waals surface area (Å²) in [5.74, 6) is 1.08. The van der Waals surface area contributed by atoms with Crippen LogP contribution in [0.2, 0.25) is 0 Å². The average molecular weight is 308 g/mol. The van der Waals surface area contributed by atoms with E-state index in [2.05, 4.69) is 24.1 Å². The van der Waals surface area contributed by atoms with Crippen molar-refractivity contribution in [2.45, 2.75) is 19.8 Å². The van der Waals surface area contributed by atoms with E-state index in [-0.39, 0.29) is 5.91 Å². The smallest absolute Gasteiger partial charge is 0.272 e. The van der Waals surface area contributed by atoms with Gasteiger partial charge in [0.2, 0.25) is 0 Å². The first-order chi connectivity index (χ1) is 11.1. The van der Waals surface area contributed by atoms with E-state index in [0.717, 1.165) is 22.3 Å². The van der Waals surface area contributed by atoms with Gasteiger partial charge >= 0.3 is 0 Å². The quantitative estimate of drug-likeness (QED) is 0.742. The highest BCUT2D eigenvalue weighted by atomic mass is 16.5. The van der Waals surface area contributed by atoms with Crippen LogP contribution in [-0.4, -0.2) is 18.0 Å². The number of hydrogen-bond acceptors (Lipinski definition) is 2. The Morgan fingerprint density at radius 2 is 1.83 bits per heavy atom. The zero-order valence-corrected chi connectivity index (χ0v) is 13.5. The minimum atomic E-state index is -0.155. The number of carbonyl (C=O) groups excluding carboxylic acids is 1. The number of amides is 1. The molecule has 0 aliphatic rings. The number of carbonyl (C=O) groups is 1. The van der Waals surface area contributed by atoms with E-state index in [1.165, 1.54) is 5.56 Å². The molecule has 4 nitrogen and oxygen atoms in total. The summed E-state index contributed by atoms with van der Waals surface area (Å²) in [7, 11) is 1.62. The van der Waals surface area contributed by atoms with Crippen molar-refractivity contribution in [3.63, 3.8) is 0 Å². The lowest BCUT2D eigenvalue weighted by Gasteiger charge is -2.07. The number of nitrogens with one attached hydrogen (secondary N) is 2. The van der Waals surface area contributed by atoms with Crippen LogP contribution in [0.5, 0.6) is 5.75 Å². The second-order valence-corrected chi connectivity index (χ2v) is 5.87. The summed E-state index contributed by atoms with van der Waals surface area (Å²) in [4.78, 5) is 15.5. The number of H-pyrrole nitrogens is 1. The summed E-state index contributed by atoms with van der Waals surface area (Å²) < 4.78 is 5.20. The molecule has 3 aromatic rings. The van der Waals surface area contributed by atoms with Crippen LogP contribution >= 0.6 is 0 Å². The molecule has 0 saturated carbocycles. The van der Waals surface area contributed by atoms with E-state index in [1.54, 1.807) is 7.11 Å². The number of aromatic amines is 1. The summed E-state index contributed by atoms with van der Waals surface area (Å²) in [6.45, 7) is 4.29. The van der Waals surface area contributed by atoms with Crippen molar-refractivity contribution in [1.82, 2.24) is 4.98 Å². The fourth-order valence-electron chi connectivity index (χ4n) is 2.51. The number of hydrogen-bond donors (Lipinski definition) is 2. The first-order valence-corrected chi connectivity index (χ1v) is 7.65. The molecule has 0 aliphatic carbocycles. The monoisotopic (exact) mass is 308 g/mol. The molecule has 0 atom stereocenters. The third kappa shape index (κ3) is 3.21. The highest BCUT2D eigenvalue weighted by molar-refractivity contribution is 6.06. The van der Waals surface area contributed by atoms with E-state index in [9.17, 15) is 4.79 Å². The molecule has 1 aromatic heterocycles. The molecule has 1 heterocycles. The Balaban J connectivity index is 1.80. The number of ether oxygens (including phenoxy) is 1. The third-order valence-corrected chi connectivity index (χ3v) is 3.91. The minimum Gasteiger partial charge on any atom is -0.497 e. The van der Waals surface area contributed by atoms with Crippen LogP contribution in [0.15, 0.2) is 48.5 Å². The van der Waals surface area contributed by atoms with Crippen molar-refractivity contribution in [2.24, 2.45) is 0 Å². The van der Waals surface area contributed by atoms with Crippen LogP contribution in [0.25, 0.3) is 10.9 Å². The van der Waals surface area contributed by atoms with Gasteiger partial charge in [-0.25, -0.2) is 0 Å². The van der Waals surface area contributed by atoms with Crippen molar-refractivity contribution in [3.8, 4) is 5.75 Å². The second-order valence-electron chi connectivity index (χ2n) is 5.87. The summed E-state index contributed by atoms with van der Waals surface area (Å²) in [6, 6.07) is 15.5. The zero-order valence-electron chi connectivity index (χ0n) is 13.5. The Bertz CT molecular complexity index is 832. The topological polar surface area (TPSA) is 54.1 Å². The highest BCUT2D eigenvalue weighted by Crippen LogP contribution is 2.22. The molecule has 0 saturated heterocycles. The fraction of sp³-hybridized carbons (Fsp3) is 0.211. The Labute approximate surface area is 135 Å². The predicted octanol–water partition coefficient (Wildman–Crippen LogP) is 4.55. The molecular weight excluding hydrogens is 288 g/mol. The van der Waals surface area contributed by atoms with Gasteiger partial charge in [0.05, 0.1) is 7.11 Å². The first-order valence-electron chi connectivity index (χ1n) is 7.65. The van der Waals surface area contributed by atoms with Crippen LogP contribution in [0.3, 0.4) is 0 Å². The van der Waals surface area contributed by atoms with Crippen molar-refractivity contribution in [1.29, 1.82) is 0 Å². The lowest BCUT2D eigenvalue weighted by Crippen LogP contribution is -2.12. The molecule has 1 amide bonds. The van der Waals surface area contributed by atoms with Crippen molar-refractivity contribution >= 4 is 22.5 Å². The summed E-state index contributed by atoms with van der Waals surface area (Å²) in [5.41, 5.74) is 3.45. The molecule has 2 aromatic carbocycles. The average Bonchev–Trinajstić information content (AvgIpc) is 2.98. The number of aromatic nitrogens is 1. The standard InChI is InChI=1S/C19H20N2O2/c1-12(2)13-4-7-15(8-5-13)20-19(22)18-10-14-6-9-16(23-3)11-17(14)21-18/h4-12,21H,1-3H3,(H,20,22). The van der Waals surface area contributed by atoms with Gasteiger partial charge in [0, 0.05) is 22.7 Å². The normalized spacial score (nSPS) is 11.0. The first kappa shape index (κ1) is 15.2. The van der Waals surface area contributed by atoms with Crippen LogP contribution in [0, 0.1) is 0 Å². The van der Waals surface area contributed by atoms with Gasteiger partial charge < -0.3 is 15.0 Å². The molecule has 0 unspecified atom stereocenters.